The van der Waals surface area contributed by atoms with Gasteiger partial charge in [-0.2, -0.15) is 0 Å². The summed E-state index contributed by atoms with van der Waals surface area (Å²) in [6, 6.07) is 5.41. The molecule has 1 atom stereocenters. The van der Waals surface area contributed by atoms with Crippen molar-refractivity contribution in [2.45, 2.75) is 33.3 Å². The zero-order valence-electron chi connectivity index (χ0n) is 14.0. The third-order valence-corrected chi connectivity index (χ3v) is 3.31. The van der Waals surface area contributed by atoms with E-state index in [1.54, 1.807) is 6.07 Å². The number of halogens is 1. The van der Waals surface area contributed by atoms with Crippen LogP contribution in [0.5, 0.6) is 0 Å². The van der Waals surface area contributed by atoms with Gasteiger partial charge < -0.3 is 21.1 Å². The number of aryl methyl sites for hydroxylation is 1. The lowest BCUT2D eigenvalue weighted by atomic mass is 10.1. The van der Waals surface area contributed by atoms with Crippen LogP contribution in [0.3, 0.4) is 0 Å². The Morgan fingerprint density at radius 1 is 1.26 bits per heavy atom. The van der Waals surface area contributed by atoms with Crippen LogP contribution in [-0.4, -0.2) is 31.6 Å². The molecule has 1 unspecified atom stereocenters. The van der Waals surface area contributed by atoms with Gasteiger partial charge in [0.1, 0.15) is 0 Å². The maximum atomic E-state index is 12.0. The SMILES string of the molecule is COC(CN)CC(=O)Nc1cc(NC(=O)C(C)C)ccc1C.Cl. The maximum absolute atomic E-state index is 12.0. The van der Waals surface area contributed by atoms with Crippen LogP contribution >= 0.6 is 12.4 Å². The van der Waals surface area contributed by atoms with Gasteiger partial charge in [0.05, 0.1) is 12.5 Å². The van der Waals surface area contributed by atoms with Gasteiger partial charge in [-0.05, 0) is 24.6 Å². The smallest absolute Gasteiger partial charge is 0.227 e. The largest absolute Gasteiger partial charge is 0.380 e. The van der Waals surface area contributed by atoms with Gasteiger partial charge in [0.2, 0.25) is 11.8 Å². The molecule has 7 heteroatoms. The quantitative estimate of drug-likeness (QED) is 0.708. The Balaban J connectivity index is 0.00000484. The van der Waals surface area contributed by atoms with E-state index < -0.39 is 0 Å². The second-order valence-electron chi connectivity index (χ2n) is 5.52. The number of rotatable bonds is 7. The van der Waals surface area contributed by atoms with Gasteiger partial charge in [-0.15, -0.1) is 12.4 Å². The highest BCUT2D eigenvalue weighted by atomic mass is 35.5. The number of hydrogen-bond acceptors (Lipinski definition) is 4. The number of methoxy groups -OCH3 is 1. The summed E-state index contributed by atoms with van der Waals surface area (Å²) in [6.07, 6.45) is -0.112. The Morgan fingerprint density at radius 2 is 1.91 bits per heavy atom. The van der Waals surface area contributed by atoms with Crippen molar-refractivity contribution in [3.05, 3.63) is 23.8 Å². The number of carbonyl (C=O) groups excluding carboxylic acids is 2. The summed E-state index contributed by atoms with van der Waals surface area (Å²) in [6.45, 7) is 5.82. The minimum Gasteiger partial charge on any atom is -0.380 e. The van der Waals surface area contributed by atoms with Crippen LogP contribution in [0.2, 0.25) is 0 Å². The lowest BCUT2D eigenvalue weighted by Crippen LogP contribution is -2.28. The van der Waals surface area contributed by atoms with Crippen LogP contribution in [0.15, 0.2) is 18.2 Å². The zero-order valence-corrected chi connectivity index (χ0v) is 14.8. The Hall–Kier alpha value is -1.63. The molecule has 0 aliphatic heterocycles. The summed E-state index contributed by atoms with van der Waals surface area (Å²) >= 11 is 0. The fraction of sp³-hybridized carbons (Fsp3) is 0.500. The molecule has 2 amide bonds. The molecule has 1 rings (SSSR count). The molecule has 0 bridgehead atoms. The maximum Gasteiger partial charge on any atom is 0.227 e. The highest BCUT2D eigenvalue weighted by molar-refractivity contribution is 5.95. The van der Waals surface area contributed by atoms with Crippen molar-refractivity contribution in [2.75, 3.05) is 24.3 Å². The van der Waals surface area contributed by atoms with Crippen molar-refractivity contribution >= 4 is 35.6 Å². The highest BCUT2D eigenvalue weighted by Crippen LogP contribution is 2.21. The van der Waals surface area contributed by atoms with Gasteiger partial charge in [-0.25, -0.2) is 0 Å². The Labute approximate surface area is 143 Å². The third-order valence-electron chi connectivity index (χ3n) is 3.31. The average Bonchev–Trinajstić information content (AvgIpc) is 2.48. The van der Waals surface area contributed by atoms with Crippen molar-refractivity contribution < 1.29 is 14.3 Å². The lowest BCUT2D eigenvalue weighted by molar-refractivity contribution is -0.119. The van der Waals surface area contributed by atoms with E-state index in [-0.39, 0.29) is 49.2 Å². The summed E-state index contributed by atoms with van der Waals surface area (Å²) in [5.74, 6) is -0.345. The molecular weight excluding hydrogens is 318 g/mol. The number of benzene rings is 1. The summed E-state index contributed by atoms with van der Waals surface area (Å²) in [5, 5.41) is 5.64. The predicted octanol–water partition coefficient (Wildman–Crippen LogP) is 2.31. The zero-order chi connectivity index (χ0) is 16.7. The molecule has 6 nitrogen and oxygen atoms in total. The van der Waals surface area contributed by atoms with Crippen LogP contribution in [0.1, 0.15) is 25.8 Å². The second kappa shape index (κ2) is 10.2. The molecule has 0 fully saturated rings. The molecule has 1 aromatic rings. The number of ether oxygens (including phenoxy) is 1. The van der Waals surface area contributed by atoms with Gasteiger partial charge in [0.25, 0.3) is 0 Å². The van der Waals surface area contributed by atoms with Crippen LogP contribution in [-0.2, 0) is 14.3 Å². The van der Waals surface area contributed by atoms with Crippen LogP contribution in [0.25, 0.3) is 0 Å². The Kier molecular flexibility index (Phi) is 9.48. The molecule has 0 radical (unpaired) electrons. The first-order valence-corrected chi connectivity index (χ1v) is 7.31. The van der Waals surface area contributed by atoms with E-state index >= 15 is 0 Å². The molecule has 0 saturated heterocycles. The van der Waals surface area contributed by atoms with Gasteiger partial charge in [-0.1, -0.05) is 19.9 Å². The average molecular weight is 344 g/mol. The highest BCUT2D eigenvalue weighted by Gasteiger charge is 2.13. The van der Waals surface area contributed by atoms with Crippen molar-refractivity contribution in [1.29, 1.82) is 0 Å². The Morgan fingerprint density at radius 3 is 2.43 bits per heavy atom. The number of nitrogens with one attached hydrogen (secondary N) is 2. The summed E-state index contributed by atoms with van der Waals surface area (Å²) in [7, 11) is 1.53. The molecule has 1 aromatic carbocycles. The molecule has 0 aromatic heterocycles. The first-order chi connectivity index (χ1) is 10.4. The van der Waals surface area contributed by atoms with Gasteiger partial charge >= 0.3 is 0 Å². The molecule has 0 saturated carbocycles. The van der Waals surface area contributed by atoms with E-state index in [2.05, 4.69) is 10.6 Å². The molecule has 0 heterocycles. The summed E-state index contributed by atoms with van der Waals surface area (Å²) in [4.78, 5) is 23.7. The molecule has 23 heavy (non-hydrogen) atoms. The third kappa shape index (κ3) is 6.99. The number of hydrogen-bond donors (Lipinski definition) is 3. The minimum absolute atomic E-state index is 0. The first kappa shape index (κ1) is 21.4. The summed E-state index contributed by atoms with van der Waals surface area (Å²) in [5.41, 5.74) is 7.74. The van der Waals surface area contributed by atoms with Crippen LogP contribution in [0.4, 0.5) is 11.4 Å². The van der Waals surface area contributed by atoms with Gasteiger partial charge in [-0.3, -0.25) is 9.59 Å². The van der Waals surface area contributed by atoms with E-state index in [1.807, 2.05) is 32.9 Å². The van der Waals surface area contributed by atoms with E-state index in [0.717, 1.165) is 5.56 Å². The number of amides is 2. The topological polar surface area (TPSA) is 93.4 Å². The number of anilines is 2. The molecule has 4 N–H and O–H groups in total. The molecule has 0 aliphatic carbocycles. The minimum atomic E-state index is -0.302. The molecule has 0 spiro atoms. The van der Waals surface area contributed by atoms with Crippen LogP contribution in [0, 0.1) is 12.8 Å². The van der Waals surface area contributed by atoms with Crippen molar-refractivity contribution in [2.24, 2.45) is 11.7 Å². The Bertz CT molecular complexity index is 531. The number of carbonyl (C=O) groups is 2. The normalized spacial score (nSPS) is 11.6. The van der Waals surface area contributed by atoms with E-state index in [4.69, 9.17) is 10.5 Å². The molecule has 0 aliphatic rings. The fourth-order valence-corrected chi connectivity index (χ4v) is 1.79. The number of nitrogens with two attached hydrogens (primary N) is 1. The summed E-state index contributed by atoms with van der Waals surface area (Å²) < 4.78 is 5.10. The first-order valence-electron chi connectivity index (χ1n) is 7.31. The lowest BCUT2D eigenvalue weighted by Gasteiger charge is -2.15. The van der Waals surface area contributed by atoms with Gasteiger partial charge in [0.15, 0.2) is 0 Å². The van der Waals surface area contributed by atoms with E-state index in [1.165, 1.54) is 7.11 Å². The van der Waals surface area contributed by atoms with Gasteiger partial charge in [0, 0.05) is 30.9 Å². The van der Waals surface area contributed by atoms with E-state index in [0.29, 0.717) is 11.4 Å². The van der Waals surface area contributed by atoms with Crippen molar-refractivity contribution in [1.82, 2.24) is 0 Å². The predicted molar refractivity (Wildman–Crippen MR) is 95.0 cm³/mol. The molecule has 130 valence electrons. The monoisotopic (exact) mass is 343 g/mol. The second-order valence-corrected chi connectivity index (χ2v) is 5.52. The van der Waals surface area contributed by atoms with Crippen LogP contribution < -0.4 is 16.4 Å². The standard InChI is InChI=1S/C16H25N3O3.ClH/c1-10(2)16(21)18-12-6-5-11(3)14(7-12)19-15(20)8-13(9-17)22-4;/h5-7,10,13H,8-9,17H2,1-4H3,(H,18,21)(H,19,20);1H. The van der Waals surface area contributed by atoms with Crippen molar-refractivity contribution in [3.63, 3.8) is 0 Å². The fourth-order valence-electron chi connectivity index (χ4n) is 1.79. The van der Waals surface area contributed by atoms with Crippen molar-refractivity contribution in [3.8, 4) is 0 Å². The van der Waals surface area contributed by atoms with E-state index in [9.17, 15) is 9.59 Å². The molecular formula is C16H26ClN3O3.